The summed E-state index contributed by atoms with van der Waals surface area (Å²) in [5.74, 6) is 0.191. The number of aromatic nitrogens is 4. The highest BCUT2D eigenvalue weighted by Crippen LogP contribution is 2.30. The Morgan fingerprint density at radius 1 is 1.35 bits per heavy atom. The molecule has 1 aliphatic rings. The second-order valence-corrected chi connectivity index (χ2v) is 6.30. The van der Waals surface area contributed by atoms with Crippen LogP contribution in [0, 0.1) is 5.92 Å². The molecule has 0 amide bonds. The molecule has 0 saturated heterocycles. The zero-order chi connectivity index (χ0) is 16.1. The summed E-state index contributed by atoms with van der Waals surface area (Å²) in [4.78, 5) is 16.2. The predicted octanol–water partition coefficient (Wildman–Crippen LogP) is 2.58. The van der Waals surface area contributed by atoms with Gasteiger partial charge in [-0.05, 0) is 37.3 Å². The van der Waals surface area contributed by atoms with Crippen LogP contribution in [-0.2, 0) is 19.9 Å². The summed E-state index contributed by atoms with van der Waals surface area (Å²) in [5.41, 5.74) is 3.91. The van der Waals surface area contributed by atoms with Gasteiger partial charge in [0.15, 0.2) is 5.69 Å². The van der Waals surface area contributed by atoms with Crippen molar-refractivity contribution in [3.63, 3.8) is 0 Å². The van der Waals surface area contributed by atoms with E-state index >= 15 is 0 Å². The highest BCUT2D eigenvalue weighted by atomic mass is 16.4. The largest absolute Gasteiger partial charge is 0.476 e. The standard InChI is InChI=1S/C17H18N4O2/c1-10-7-8-13-11(9-10)15(16(22)23)19-21(13)17-18-12-5-3-4-6-14(12)20(17)2/h3-6,10H,7-9H2,1-2H3,(H,22,23). The van der Waals surface area contributed by atoms with Gasteiger partial charge in [0.1, 0.15) is 0 Å². The summed E-state index contributed by atoms with van der Waals surface area (Å²) in [5, 5.41) is 13.9. The maximum absolute atomic E-state index is 11.6. The van der Waals surface area contributed by atoms with Gasteiger partial charge in [-0.3, -0.25) is 0 Å². The van der Waals surface area contributed by atoms with Crippen LogP contribution >= 0.6 is 0 Å². The van der Waals surface area contributed by atoms with Crippen molar-refractivity contribution >= 4 is 17.0 Å². The third-order valence-electron chi connectivity index (χ3n) is 4.67. The van der Waals surface area contributed by atoms with E-state index in [-0.39, 0.29) is 5.69 Å². The molecule has 1 unspecified atom stereocenters. The minimum atomic E-state index is -0.965. The normalized spacial score (nSPS) is 17.4. The molecular weight excluding hydrogens is 292 g/mol. The van der Waals surface area contributed by atoms with Crippen LogP contribution in [0.2, 0.25) is 0 Å². The smallest absolute Gasteiger partial charge is 0.356 e. The number of nitrogens with zero attached hydrogens (tertiary/aromatic N) is 4. The maximum atomic E-state index is 11.6. The number of fused-ring (bicyclic) bond motifs is 2. The molecule has 118 valence electrons. The highest BCUT2D eigenvalue weighted by molar-refractivity contribution is 5.87. The van der Waals surface area contributed by atoms with E-state index in [9.17, 15) is 9.90 Å². The lowest BCUT2D eigenvalue weighted by Crippen LogP contribution is -2.16. The summed E-state index contributed by atoms with van der Waals surface area (Å²) >= 11 is 0. The average Bonchev–Trinajstić information content (AvgIpc) is 3.06. The topological polar surface area (TPSA) is 72.9 Å². The molecule has 0 aliphatic heterocycles. The Labute approximate surface area is 133 Å². The number of hydrogen-bond donors (Lipinski definition) is 1. The van der Waals surface area contributed by atoms with Gasteiger partial charge in [0.05, 0.1) is 16.7 Å². The molecule has 0 fully saturated rings. The number of carbonyl (C=O) groups is 1. The molecule has 4 rings (SSSR count). The first-order valence-electron chi connectivity index (χ1n) is 7.82. The summed E-state index contributed by atoms with van der Waals surface area (Å²) in [6.45, 7) is 2.15. The van der Waals surface area contributed by atoms with Gasteiger partial charge in [0, 0.05) is 12.6 Å². The molecule has 1 aliphatic carbocycles. The van der Waals surface area contributed by atoms with Crippen molar-refractivity contribution in [2.24, 2.45) is 13.0 Å². The number of carboxylic acids is 1. The number of rotatable bonds is 2. The molecule has 0 spiro atoms. The van der Waals surface area contributed by atoms with Crippen LogP contribution in [0.1, 0.15) is 35.1 Å². The molecule has 3 aromatic rings. The molecule has 6 nitrogen and oxygen atoms in total. The van der Waals surface area contributed by atoms with Crippen LogP contribution < -0.4 is 0 Å². The number of aryl methyl sites for hydroxylation is 1. The first-order valence-corrected chi connectivity index (χ1v) is 7.82. The lowest BCUT2D eigenvalue weighted by atomic mass is 9.87. The van der Waals surface area contributed by atoms with Crippen molar-refractivity contribution in [1.82, 2.24) is 19.3 Å². The van der Waals surface area contributed by atoms with E-state index in [2.05, 4.69) is 17.0 Å². The first-order chi connectivity index (χ1) is 11.1. The van der Waals surface area contributed by atoms with Crippen LogP contribution in [-0.4, -0.2) is 30.4 Å². The minimum Gasteiger partial charge on any atom is -0.476 e. The molecule has 2 heterocycles. The second-order valence-electron chi connectivity index (χ2n) is 6.30. The van der Waals surface area contributed by atoms with E-state index < -0.39 is 5.97 Å². The fourth-order valence-electron chi connectivity index (χ4n) is 3.45. The Morgan fingerprint density at radius 3 is 2.87 bits per heavy atom. The Hall–Kier alpha value is -2.63. The first kappa shape index (κ1) is 14.0. The van der Waals surface area contributed by atoms with Gasteiger partial charge >= 0.3 is 5.97 Å². The monoisotopic (exact) mass is 310 g/mol. The number of hydrogen-bond acceptors (Lipinski definition) is 3. The van der Waals surface area contributed by atoms with Gasteiger partial charge in [0.2, 0.25) is 5.95 Å². The molecule has 2 aromatic heterocycles. The molecule has 1 aromatic carbocycles. The summed E-state index contributed by atoms with van der Waals surface area (Å²) in [7, 11) is 1.94. The third kappa shape index (κ3) is 2.05. The maximum Gasteiger partial charge on any atom is 0.356 e. The molecule has 6 heteroatoms. The Morgan fingerprint density at radius 2 is 2.13 bits per heavy atom. The van der Waals surface area contributed by atoms with E-state index in [0.717, 1.165) is 41.6 Å². The van der Waals surface area contributed by atoms with Gasteiger partial charge in [-0.25, -0.2) is 14.5 Å². The van der Waals surface area contributed by atoms with Crippen LogP contribution in [0.4, 0.5) is 0 Å². The van der Waals surface area contributed by atoms with Crippen molar-refractivity contribution in [2.75, 3.05) is 0 Å². The van der Waals surface area contributed by atoms with Crippen molar-refractivity contribution in [2.45, 2.75) is 26.2 Å². The number of para-hydroxylation sites is 2. The minimum absolute atomic E-state index is 0.165. The van der Waals surface area contributed by atoms with Gasteiger partial charge in [-0.15, -0.1) is 0 Å². The van der Waals surface area contributed by atoms with Crippen LogP contribution in [0.5, 0.6) is 0 Å². The van der Waals surface area contributed by atoms with Crippen molar-refractivity contribution < 1.29 is 9.90 Å². The second kappa shape index (κ2) is 4.94. The van der Waals surface area contributed by atoms with E-state index in [1.165, 1.54) is 0 Å². The Kier molecular flexibility index (Phi) is 3.01. The zero-order valence-corrected chi connectivity index (χ0v) is 13.2. The molecule has 0 bridgehead atoms. The zero-order valence-electron chi connectivity index (χ0n) is 13.2. The van der Waals surface area contributed by atoms with Crippen molar-refractivity contribution in [3.05, 3.63) is 41.2 Å². The van der Waals surface area contributed by atoms with Gasteiger partial charge < -0.3 is 9.67 Å². The lowest BCUT2D eigenvalue weighted by Gasteiger charge is -2.19. The van der Waals surface area contributed by atoms with E-state index in [4.69, 9.17) is 0 Å². The van der Waals surface area contributed by atoms with Crippen molar-refractivity contribution in [3.8, 4) is 5.95 Å². The Bertz CT molecular complexity index is 922. The molecule has 0 radical (unpaired) electrons. The molecule has 23 heavy (non-hydrogen) atoms. The van der Waals surface area contributed by atoms with Gasteiger partial charge in [-0.2, -0.15) is 5.10 Å². The van der Waals surface area contributed by atoms with E-state index in [1.807, 2.05) is 35.9 Å². The lowest BCUT2D eigenvalue weighted by molar-refractivity contribution is 0.0688. The third-order valence-corrected chi connectivity index (χ3v) is 4.67. The predicted molar refractivity (Wildman–Crippen MR) is 86.0 cm³/mol. The van der Waals surface area contributed by atoms with Gasteiger partial charge in [0.25, 0.3) is 0 Å². The fourth-order valence-corrected chi connectivity index (χ4v) is 3.45. The van der Waals surface area contributed by atoms with Crippen molar-refractivity contribution in [1.29, 1.82) is 0 Å². The van der Waals surface area contributed by atoms with E-state index in [0.29, 0.717) is 11.9 Å². The SMILES string of the molecule is CC1CCc2c(c(C(=O)O)nn2-c2nc3ccccc3n2C)C1. The number of benzene rings is 1. The van der Waals surface area contributed by atoms with Crippen LogP contribution in [0.15, 0.2) is 24.3 Å². The summed E-state index contributed by atoms with van der Waals surface area (Å²) < 4.78 is 3.69. The van der Waals surface area contributed by atoms with Crippen LogP contribution in [0.3, 0.4) is 0 Å². The molecule has 1 atom stereocenters. The molecule has 1 N–H and O–H groups in total. The number of imidazole rings is 1. The van der Waals surface area contributed by atoms with Gasteiger partial charge in [-0.1, -0.05) is 19.1 Å². The summed E-state index contributed by atoms with van der Waals surface area (Å²) in [6.07, 6.45) is 2.64. The quantitative estimate of drug-likeness (QED) is 0.789. The summed E-state index contributed by atoms with van der Waals surface area (Å²) in [6, 6.07) is 7.87. The van der Waals surface area contributed by atoms with E-state index in [1.54, 1.807) is 4.68 Å². The highest BCUT2D eigenvalue weighted by Gasteiger charge is 2.29. The molecule has 0 saturated carbocycles. The molecular formula is C17H18N4O2. The Balaban J connectivity index is 1.96. The van der Waals surface area contributed by atoms with Crippen LogP contribution in [0.25, 0.3) is 17.0 Å². The fraction of sp³-hybridized carbons (Fsp3) is 0.353. The number of aromatic carboxylic acids is 1. The number of carboxylic acid groups (broad SMARTS) is 1. The average molecular weight is 310 g/mol.